The van der Waals surface area contributed by atoms with Gasteiger partial charge < -0.3 is 14.5 Å². The highest BCUT2D eigenvalue weighted by Crippen LogP contribution is 2.22. The number of nitrogens with one attached hydrogen (secondary N) is 1. The molecule has 9 heteroatoms. The number of fused-ring (bicyclic) bond motifs is 1. The minimum Gasteiger partial charge on any atom is -0.423 e. The number of rotatable bonds is 7. The molecule has 1 aromatic heterocycles. The van der Waals surface area contributed by atoms with Crippen LogP contribution in [-0.4, -0.2) is 16.8 Å². The van der Waals surface area contributed by atoms with Gasteiger partial charge in [-0.3, -0.25) is 14.9 Å². The van der Waals surface area contributed by atoms with E-state index in [0.29, 0.717) is 10.9 Å². The Balaban J connectivity index is 1.47. The molecule has 1 unspecified atom stereocenters. The Labute approximate surface area is 204 Å². The lowest BCUT2D eigenvalue weighted by Crippen LogP contribution is -2.30. The number of nitro groups is 1. The van der Waals surface area contributed by atoms with E-state index in [9.17, 15) is 24.5 Å². The van der Waals surface area contributed by atoms with Gasteiger partial charge in [0.05, 0.1) is 11.0 Å². The Kier molecular flexibility index (Phi) is 7.01. The van der Waals surface area contributed by atoms with Crippen molar-refractivity contribution in [2.75, 3.05) is 0 Å². The standard InChI is InChI=1S/C27H20N2O7/c1-17(19-7-3-2-4-8-19)28-26(31)23-15-20-11-12-22(16-24(20)36-27(23)32)35-25(30)13-10-18-6-5-9-21(14-18)29(33)34/h2-17H,1H3,(H,28,31)/b13-10+. The number of hydrogen-bond acceptors (Lipinski definition) is 7. The van der Waals surface area contributed by atoms with Crippen LogP contribution >= 0.6 is 0 Å². The van der Waals surface area contributed by atoms with E-state index in [1.54, 1.807) is 12.1 Å². The normalized spacial score (nSPS) is 11.8. The van der Waals surface area contributed by atoms with Gasteiger partial charge in [-0.1, -0.05) is 42.5 Å². The maximum atomic E-state index is 12.7. The molecular weight excluding hydrogens is 464 g/mol. The molecule has 0 fully saturated rings. The van der Waals surface area contributed by atoms with Crippen LogP contribution in [0.2, 0.25) is 0 Å². The molecule has 9 nitrogen and oxygen atoms in total. The number of amides is 1. The van der Waals surface area contributed by atoms with Gasteiger partial charge >= 0.3 is 11.6 Å². The summed E-state index contributed by atoms with van der Waals surface area (Å²) in [6.45, 7) is 1.81. The second-order valence-corrected chi connectivity index (χ2v) is 7.86. The average Bonchev–Trinajstić information content (AvgIpc) is 2.87. The Hall–Kier alpha value is -5.05. The number of nitrogens with zero attached hydrogens (tertiary/aromatic N) is 1. The van der Waals surface area contributed by atoms with E-state index in [-0.39, 0.29) is 28.6 Å². The van der Waals surface area contributed by atoms with Gasteiger partial charge in [-0.05, 0) is 42.3 Å². The quantitative estimate of drug-likeness (QED) is 0.0995. The lowest BCUT2D eigenvalue weighted by molar-refractivity contribution is -0.384. The van der Waals surface area contributed by atoms with Gasteiger partial charge in [0.15, 0.2) is 0 Å². The van der Waals surface area contributed by atoms with Gasteiger partial charge in [-0.15, -0.1) is 0 Å². The number of carbonyl (C=O) groups is 2. The summed E-state index contributed by atoms with van der Waals surface area (Å²) in [5.41, 5.74) is 0.419. The number of nitro benzene ring substituents is 1. The molecule has 0 aliphatic rings. The van der Waals surface area contributed by atoms with Gasteiger partial charge in [0.1, 0.15) is 16.9 Å². The Morgan fingerprint density at radius 2 is 1.81 bits per heavy atom. The first kappa shape index (κ1) is 24.1. The number of benzene rings is 3. The summed E-state index contributed by atoms with van der Waals surface area (Å²) in [4.78, 5) is 47.7. The van der Waals surface area contributed by atoms with Crippen LogP contribution in [0.4, 0.5) is 5.69 Å². The molecule has 0 aliphatic carbocycles. The molecule has 36 heavy (non-hydrogen) atoms. The van der Waals surface area contributed by atoms with Crippen molar-refractivity contribution in [3.05, 3.63) is 122 Å². The molecule has 0 aliphatic heterocycles. The monoisotopic (exact) mass is 484 g/mol. The van der Waals surface area contributed by atoms with Crippen LogP contribution in [0.15, 0.2) is 94.2 Å². The van der Waals surface area contributed by atoms with Crippen LogP contribution < -0.4 is 15.7 Å². The molecular formula is C27H20N2O7. The summed E-state index contributed by atoms with van der Waals surface area (Å²) >= 11 is 0. The summed E-state index contributed by atoms with van der Waals surface area (Å²) in [7, 11) is 0. The summed E-state index contributed by atoms with van der Waals surface area (Å²) in [6, 6.07) is 20.6. The zero-order chi connectivity index (χ0) is 25.7. The van der Waals surface area contributed by atoms with Crippen LogP contribution in [0.25, 0.3) is 17.0 Å². The average molecular weight is 484 g/mol. The first-order chi connectivity index (χ1) is 17.3. The molecule has 4 aromatic rings. The van der Waals surface area contributed by atoms with E-state index < -0.39 is 22.4 Å². The Morgan fingerprint density at radius 3 is 2.56 bits per heavy atom. The maximum absolute atomic E-state index is 12.7. The van der Waals surface area contributed by atoms with E-state index in [1.165, 1.54) is 42.5 Å². The number of esters is 1. The molecule has 0 bridgehead atoms. The van der Waals surface area contributed by atoms with E-state index in [4.69, 9.17) is 9.15 Å². The largest absolute Gasteiger partial charge is 0.423 e. The molecule has 0 radical (unpaired) electrons. The van der Waals surface area contributed by atoms with Crippen LogP contribution in [0.3, 0.4) is 0 Å². The molecule has 1 N–H and O–H groups in total. The maximum Gasteiger partial charge on any atom is 0.349 e. The Morgan fingerprint density at radius 1 is 1.03 bits per heavy atom. The summed E-state index contributed by atoms with van der Waals surface area (Å²) in [5.74, 6) is -1.17. The number of non-ortho nitro benzene ring substituents is 1. The Bertz CT molecular complexity index is 1540. The first-order valence-electron chi connectivity index (χ1n) is 10.9. The highest BCUT2D eigenvalue weighted by molar-refractivity contribution is 5.97. The molecule has 0 saturated heterocycles. The van der Waals surface area contributed by atoms with Crippen molar-refractivity contribution >= 4 is 34.6 Å². The number of carbonyl (C=O) groups excluding carboxylic acids is 2. The van der Waals surface area contributed by atoms with Gasteiger partial charge in [0.2, 0.25) is 0 Å². The SMILES string of the molecule is CC(NC(=O)c1cc2ccc(OC(=O)/C=C/c3cccc([N+](=O)[O-])c3)cc2oc1=O)c1ccccc1. The van der Waals surface area contributed by atoms with Crippen LogP contribution in [0.5, 0.6) is 5.75 Å². The zero-order valence-corrected chi connectivity index (χ0v) is 19.0. The molecule has 1 atom stereocenters. The van der Waals surface area contributed by atoms with Crippen molar-refractivity contribution in [3.8, 4) is 5.75 Å². The number of ether oxygens (including phenoxy) is 1. The zero-order valence-electron chi connectivity index (χ0n) is 19.0. The fraction of sp³-hybridized carbons (Fsp3) is 0.0741. The van der Waals surface area contributed by atoms with E-state index in [2.05, 4.69) is 5.32 Å². The molecule has 3 aromatic carbocycles. The van der Waals surface area contributed by atoms with E-state index in [0.717, 1.165) is 11.6 Å². The topological polar surface area (TPSA) is 129 Å². The molecule has 0 saturated carbocycles. The van der Waals surface area contributed by atoms with E-state index in [1.807, 2.05) is 37.3 Å². The predicted molar refractivity (Wildman–Crippen MR) is 133 cm³/mol. The smallest absolute Gasteiger partial charge is 0.349 e. The third kappa shape index (κ3) is 5.71. The van der Waals surface area contributed by atoms with Gasteiger partial charge in [0, 0.05) is 29.7 Å². The molecule has 1 amide bonds. The van der Waals surface area contributed by atoms with Crippen molar-refractivity contribution in [3.63, 3.8) is 0 Å². The van der Waals surface area contributed by atoms with Crippen molar-refractivity contribution in [1.82, 2.24) is 5.32 Å². The van der Waals surface area contributed by atoms with Gasteiger partial charge in [-0.25, -0.2) is 9.59 Å². The minimum atomic E-state index is -0.825. The second kappa shape index (κ2) is 10.5. The summed E-state index contributed by atoms with van der Waals surface area (Å²) < 4.78 is 10.5. The molecule has 0 spiro atoms. The van der Waals surface area contributed by atoms with Crippen LogP contribution in [0, 0.1) is 10.1 Å². The van der Waals surface area contributed by atoms with Crippen LogP contribution in [0.1, 0.15) is 34.5 Å². The molecule has 180 valence electrons. The third-order valence-corrected chi connectivity index (χ3v) is 5.31. The van der Waals surface area contributed by atoms with Crippen molar-refractivity contribution in [2.45, 2.75) is 13.0 Å². The highest BCUT2D eigenvalue weighted by Gasteiger charge is 2.17. The third-order valence-electron chi connectivity index (χ3n) is 5.31. The van der Waals surface area contributed by atoms with Crippen molar-refractivity contribution < 1.29 is 23.7 Å². The lowest BCUT2D eigenvalue weighted by atomic mass is 10.1. The molecule has 4 rings (SSSR count). The lowest BCUT2D eigenvalue weighted by Gasteiger charge is -2.14. The van der Waals surface area contributed by atoms with Crippen LogP contribution in [-0.2, 0) is 4.79 Å². The first-order valence-corrected chi connectivity index (χ1v) is 10.9. The predicted octanol–water partition coefficient (Wildman–Crippen LogP) is 4.81. The fourth-order valence-corrected chi connectivity index (χ4v) is 3.47. The van der Waals surface area contributed by atoms with Crippen molar-refractivity contribution in [2.24, 2.45) is 0 Å². The fourth-order valence-electron chi connectivity index (χ4n) is 3.47. The summed E-state index contributed by atoms with van der Waals surface area (Å²) in [6.07, 6.45) is 2.51. The summed E-state index contributed by atoms with van der Waals surface area (Å²) in [5, 5.41) is 14.1. The minimum absolute atomic E-state index is 0.0994. The van der Waals surface area contributed by atoms with Gasteiger partial charge in [0.25, 0.3) is 11.6 Å². The second-order valence-electron chi connectivity index (χ2n) is 7.86. The van der Waals surface area contributed by atoms with Crippen molar-refractivity contribution in [1.29, 1.82) is 0 Å². The highest BCUT2D eigenvalue weighted by atomic mass is 16.6. The molecule has 1 heterocycles. The van der Waals surface area contributed by atoms with E-state index >= 15 is 0 Å². The van der Waals surface area contributed by atoms with Gasteiger partial charge in [-0.2, -0.15) is 0 Å². The number of hydrogen-bond donors (Lipinski definition) is 1.